The Morgan fingerprint density at radius 3 is 2.72 bits per heavy atom. The number of piperazine rings is 1. The van der Waals surface area contributed by atoms with Gasteiger partial charge >= 0.3 is 0 Å². The Kier molecular flexibility index (Phi) is 7.44. The average Bonchev–Trinajstić information content (AvgIpc) is 3.36. The summed E-state index contributed by atoms with van der Waals surface area (Å²) in [6.45, 7) is 6.09. The number of hydrogen-bond donors (Lipinski definition) is 3. The van der Waals surface area contributed by atoms with Crippen LogP contribution < -0.4 is 15.5 Å². The van der Waals surface area contributed by atoms with Gasteiger partial charge in [-0.25, -0.2) is 15.0 Å². The third-order valence-electron chi connectivity index (χ3n) is 4.84. The van der Waals surface area contributed by atoms with Crippen molar-refractivity contribution in [1.29, 1.82) is 0 Å². The van der Waals surface area contributed by atoms with Crippen molar-refractivity contribution >= 4 is 74.2 Å². The summed E-state index contributed by atoms with van der Waals surface area (Å²) in [4.78, 5) is 30.7. The van der Waals surface area contributed by atoms with Crippen LogP contribution >= 0.6 is 45.9 Å². The van der Waals surface area contributed by atoms with Crippen LogP contribution in [0, 0.1) is 6.92 Å². The van der Waals surface area contributed by atoms with Gasteiger partial charge in [-0.3, -0.25) is 9.69 Å². The van der Waals surface area contributed by atoms with E-state index in [0.717, 1.165) is 32.0 Å². The Hall–Kier alpha value is -2.02. The number of amides is 1. The quantitative estimate of drug-likeness (QED) is 0.438. The van der Waals surface area contributed by atoms with Crippen LogP contribution in [0.1, 0.15) is 15.5 Å². The molecule has 170 valence electrons. The zero-order valence-electron chi connectivity index (χ0n) is 17.1. The molecule has 0 radical (unpaired) electrons. The number of carbonyl (C=O) groups is 1. The van der Waals surface area contributed by atoms with Gasteiger partial charge < -0.3 is 20.6 Å². The first-order chi connectivity index (χ1) is 15.4. The minimum absolute atomic E-state index is 0.169. The second-order valence-electron chi connectivity index (χ2n) is 7.05. The largest absolute Gasteiger partial charge is 0.395 e. The molecule has 13 heteroatoms. The van der Waals surface area contributed by atoms with E-state index >= 15 is 0 Å². The van der Waals surface area contributed by atoms with Crippen LogP contribution in [0.3, 0.4) is 0 Å². The van der Waals surface area contributed by atoms with Gasteiger partial charge in [-0.15, -0.1) is 11.3 Å². The molecule has 0 spiro atoms. The highest BCUT2D eigenvalue weighted by molar-refractivity contribution is 7.17. The number of thiophene rings is 1. The highest BCUT2D eigenvalue weighted by Crippen LogP contribution is 2.37. The third kappa shape index (κ3) is 5.48. The van der Waals surface area contributed by atoms with Crippen LogP contribution in [-0.2, 0) is 0 Å². The number of nitrogens with one attached hydrogen (secondary N) is 2. The zero-order chi connectivity index (χ0) is 22.7. The summed E-state index contributed by atoms with van der Waals surface area (Å²) in [6.07, 6.45) is 1.49. The molecule has 4 rings (SSSR count). The molecule has 9 nitrogen and oxygen atoms in total. The van der Waals surface area contributed by atoms with Gasteiger partial charge in [-0.2, -0.15) is 0 Å². The second kappa shape index (κ2) is 10.3. The van der Waals surface area contributed by atoms with Gasteiger partial charge in [-0.1, -0.05) is 34.5 Å². The Morgan fingerprint density at radius 1 is 1.25 bits per heavy atom. The lowest BCUT2D eigenvalue weighted by Crippen LogP contribution is -2.47. The summed E-state index contributed by atoms with van der Waals surface area (Å²) < 4.78 is 0.424. The highest BCUT2D eigenvalue weighted by atomic mass is 35.5. The smallest absolute Gasteiger partial charge is 0.267 e. The molecule has 0 bridgehead atoms. The summed E-state index contributed by atoms with van der Waals surface area (Å²) in [5, 5.41) is 17.6. The molecule has 32 heavy (non-hydrogen) atoms. The lowest BCUT2D eigenvalue weighted by Gasteiger charge is -2.35. The van der Waals surface area contributed by atoms with Gasteiger partial charge in [0.05, 0.1) is 23.5 Å². The molecule has 1 aliphatic heterocycles. The van der Waals surface area contributed by atoms with Crippen molar-refractivity contribution in [3.63, 3.8) is 0 Å². The fraction of sp³-hybridized carbons (Fsp3) is 0.368. The standard InChI is InChI=1S/C19H21Cl2N7O2S2/c1-11-23-14(8-15(24-11)28-4-2-27(3-5-28)6-7-29)25-19-22-9-13(32-19)18(30)26-16-12(20)10-31-17(16)21/h8-10,29H,2-7H2,1H3,(H,26,30)(H,22,23,24,25). The number of halogens is 2. The van der Waals surface area contributed by atoms with Crippen molar-refractivity contribution in [3.05, 3.63) is 37.7 Å². The van der Waals surface area contributed by atoms with Gasteiger partial charge in [0.2, 0.25) is 0 Å². The molecule has 4 heterocycles. The zero-order valence-corrected chi connectivity index (χ0v) is 20.3. The minimum atomic E-state index is -0.335. The predicted octanol–water partition coefficient (Wildman–Crippen LogP) is 3.72. The average molecular weight is 514 g/mol. The van der Waals surface area contributed by atoms with Crippen molar-refractivity contribution in [2.24, 2.45) is 0 Å². The fourth-order valence-electron chi connectivity index (χ4n) is 3.27. The fourth-order valence-corrected chi connectivity index (χ4v) is 5.25. The van der Waals surface area contributed by atoms with Crippen LogP contribution in [0.4, 0.5) is 22.5 Å². The number of β-amino-alcohol motifs (C(OH)–C–C–N with tert-alkyl or cyclic N) is 1. The van der Waals surface area contributed by atoms with E-state index in [9.17, 15) is 4.79 Å². The van der Waals surface area contributed by atoms with Gasteiger partial charge in [0.15, 0.2) is 5.13 Å². The van der Waals surface area contributed by atoms with E-state index in [4.69, 9.17) is 28.3 Å². The van der Waals surface area contributed by atoms with Crippen molar-refractivity contribution in [2.45, 2.75) is 6.92 Å². The van der Waals surface area contributed by atoms with Gasteiger partial charge in [0.1, 0.15) is 26.7 Å². The lowest BCUT2D eigenvalue weighted by atomic mass is 10.3. The molecule has 3 aromatic rings. The summed E-state index contributed by atoms with van der Waals surface area (Å²) in [7, 11) is 0. The Bertz CT molecular complexity index is 1080. The number of aliphatic hydroxyl groups excluding tert-OH is 1. The number of aliphatic hydroxyl groups is 1. The normalized spacial score (nSPS) is 14.6. The van der Waals surface area contributed by atoms with E-state index in [1.54, 1.807) is 5.38 Å². The number of hydrogen-bond acceptors (Lipinski definition) is 10. The number of aryl methyl sites for hydroxylation is 1. The summed E-state index contributed by atoms with van der Waals surface area (Å²) in [5.74, 6) is 1.74. The third-order valence-corrected chi connectivity index (χ3v) is 7.40. The molecule has 0 unspecified atom stereocenters. The van der Waals surface area contributed by atoms with E-state index in [1.165, 1.54) is 28.9 Å². The van der Waals surface area contributed by atoms with Crippen LogP contribution in [0.2, 0.25) is 9.36 Å². The predicted molar refractivity (Wildman–Crippen MR) is 130 cm³/mol. The molecule has 3 N–H and O–H groups in total. The molecule has 0 saturated carbocycles. The number of anilines is 4. The van der Waals surface area contributed by atoms with E-state index in [0.29, 0.717) is 43.2 Å². The molecule has 0 aromatic carbocycles. The molecule has 3 aromatic heterocycles. The summed E-state index contributed by atoms with van der Waals surface area (Å²) >= 11 is 14.6. The van der Waals surface area contributed by atoms with Crippen molar-refractivity contribution in [1.82, 2.24) is 19.9 Å². The maximum Gasteiger partial charge on any atom is 0.267 e. The Balaban J connectivity index is 1.42. The number of carbonyl (C=O) groups excluding carboxylic acids is 1. The Morgan fingerprint density at radius 2 is 2.03 bits per heavy atom. The number of thiazole rings is 1. The van der Waals surface area contributed by atoms with Crippen molar-refractivity contribution < 1.29 is 9.90 Å². The Labute approximate surface area is 203 Å². The maximum absolute atomic E-state index is 12.5. The van der Waals surface area contributed by atoms with E-state index in [2.05, 4.69) is 35.4 Å². The summed E-state index contributed by atoms with van der Waals surface area (Å²) in [5.41, 5.74) is 0.404. The number of aromatic nitrogens is 3. The molecular weight excluding hydrogens is 493 g/mol. The van der Waals surface area contributed by atoms with Gasteiger partial charge in [-0.05, 0) is 6.92 Å². The number of nitrogens with zero attached hydrogens (tertiary/aromatic N) is 5. The molecule has 1 saturated heterocycles. The van der Waals surface area contributed by atoms with Crippen LogP contribution in [0.25, 0.3) is 0 Å². The first-order valence-electron chi connectivity index (χ1n) is 9.83. The van der Waals surface area contributed by atoms with E-state index in [-0.39, 0.29) is 12.5 Å². The molecule has 0 aliphatic carbocycles. The molecule has 1 fully saturated rings. The van der Waals surface area contributed by atoms with E-state index < -0.39 is 0 Å². The second-order valence-corrected chi connectivity index (χ2v) is 9.97. The molecule has 1 amide bonds. The molecular formula is C19H21Cl2N7O2S2. The first kappa shape index (κ1) is 23.1. The number of rotatable bonds is 7. The van der Waals surface area contributed by atoms with Crippen LogP contribution in [0.5, 0.6) is 0 Å². The topological polar surface area (TPSA) is 107 Å². The molecule has 0 atom stereocenters. The minimum Gasteiger partial charge on any atom is -0.395 e. The SMILES string of the molecule is Cc1nc(Nc2ncc(C(=O)Nc3c(Cl)csc3Cl)s2)cc(N2CCN(CCO)CC2)n1. The molecule has 1 aliphatic rings. The van der Waals surface area contributed by atoms with E-state index in [1.807, 2.05) is 13.0 Å². The van der Waals surface area contributed by atoms with Crippen LogP contribution in [0.15, 0.2) is 17.6 Å². The summed E-state index contributed by atoms with van der Waals surface area (Å²) in [6, 6.07) is 1.88. The van der Waals surface area contributed by atoms with Crippen LogP contribution in [-0.4, -0.2) is 70.2 Å². The lowest BCUT2D eigenvalue weighted by molar-refractivity contribution is 0.103. The van der Waals surface area contributed by atoms with Gasteiger partial charge in [0.25, 0.3) is 5.91 Å². The first-order valence-corrected chi connectivity index (χ1v) is 12.3. The van der Waals surface area contributed by atoms with Crippen molar-refractivity contribution in [3.8, 4) is 0 Å². The van der Waals surface area contributed by atoms with Crippen molar-refractivity contribution in [2.75, 3.05) is 54.9 Å². The highest BCUT2D eigenvalue weighted by Gasteiger charge is 2.19. The monoisotopic (exact) mass is 513 g/mol. The van der Waals surface area contributed by atoms with Gasteiger partial charge in [0, 0.05) is 44.2 Å². The maximum atomic E-state index is 12.5.